The number of ether oxygens (including phenoxy) is 1. The fourth-order valence-corrected chi connectivity index (χ4v) is 2.11. The quantitative estimate of drug-likeness (QED) is 0.789. The monoisotopic (exact) mass is 277 g/mol. The minimum Gasteiger partial charge on any atom is -0.453 e. The molecule has 1 saturated heterocycles. The summed E-state index contributed by atoms with van der Waals surface area (Å²) in [5.41, 5.74) is 1.32. The van der Waals surface area contributed by atoms with Gasteiger partial charge in [0.25, 0.3) is 0 Å². The molecule has 1 fully saturated rings. The third-order valence-corrected chi connectivity index (χ3v) is 3.21. The van der Waals surface area contributed by atoms with Crippen LogP contribution in [-0.4, -0.2) is 31.7 Å². The Labute approximate surface area is 117 Å². The van der Waals surface area contributed by atoms with E-state index >= 15 is 0 Å². The van der Waals surface area contributed by atoms with Crippen LogP contribution in [-0.2, 0) is 9.53 Å². The number of hydrogen-bond donors (Lipinski definition) is 3. The van der Waals surface area contributed by atoms with E-state index in [4.69, 9.17) is 0 Å². The number of methoxy groups -OCH3 is 1. The van der Waals surface area contributed by atoms with E-state index in [1.54, 1.807) is 24.3 Å². The van der Waals surface area contributed by atoms with E-state index in [1.165, 1.54) is 7.11 Å². The van der Waals surface area contributed by atoms with E-state index in [0.29, 0.717) is 11.4 Å². The van der Waals surface area contributed by atoms with Crippen molar-refractivity contribution in [2.45, 2.75) is 25.3 Å². The molecule has 1 aliphatic rings. The summed E-state index contributed by atoms with van der Waals surface area (Å²) in [4.78, 5) is 23.1. The predicted octanol–water partition coefficient (Wildman–Crippen LogP) is 1.95. The second kappa shape index (κ2) is 6.91. The molecule has 2 rings (SSSR count). The van der Waals surface area contributed by atoms with Gasteiger partial charge in [0.2, 0.25) is 5.91 Å². The second-order valence-corrected chi connectivity index (χ2v) is 4.69. The highest BCUT2D eigenvalue weighted by molar-refractivity contribution is 5.95. The molecule has 6 heteroatoms. The van der Waals surface area contributed by atoms with E-state index in [-0.39, 0.29) is 11.9 Å². The topological polar surface area (TPSA) is 79.5 Å². The van der Waals surface area contributed by atoms with Crippen molar-refractivity contribution in [3.8, 4) is 0 Å². The van der Waals surface area contributed by atoms with Gasteiger partial charge in [0, 0.05) is 11.4 Å². The summed E-state index contributed by atoms with van der Waals surface area (Å²) in [5.74, 6) is -0.0154. The summed E-state index contributed by atoms with van der Waals surface area (Å²) in [6.07, 6.45) is 2.55. The summed E-state index contributed by atoms with van der Waals surface area (Å²) in [5, 5.41) is 8.61. The molecule has 6 nitrogen and oxygen atoms in total. The lowest BCUT2D eigenvalue weighted by Crippen LogP contribution is -2.43. The van der Waals surface area contributed by atoms with Gasteiger partial charge in [-0.2, -0.15) is 0 Å². The van der Waals surface area contributed by atoms with Crippen molar-refractivity contribution in [2.75, 3.05) is 24.3 Å². The van der Waals surface area contributed by atoms with Crippen molar-refractivity contribution < 1.29 is 14.3 Å². The van der Waals surface area contributed by atoms with Crippen molar-refractivity contribution in [2.24, 2.45) is 0 Å². The first-order valence-electron chi connectivity index (χ1n) is 6.68. The smallest absolute Gasteiger partial charge is 0.411 e. The number of benzene rings is 1. The Morgan fingerprint density at radius 2 is 1.80 bits per heavy atom. The van der Waals surface area contributed by atoms with Crippen LogP contribution in [0.5, 0.6) is 0 Å². The largest absolute Gasteiger partial charge is 0.453 e. The average molecular weight is 277 g/mol. The molecule has 20 heavy (non-hydrogen) atoms. The highest BCUT2D eigenvalue weighted by atomic mass is 16.5. The summed E-state index contributed by atoms with van der Waals surface area (Å²) < 4.78 is 4.50. The summed E-state index contributed by atoms with van der Waals surface area (Å²) in [7, 11) is 1.31. The van der Waals surface area contributed by atoms with E-state index in [9.17, 15) is 9.59 Å². The highest BCUT2D eigenvalue weighted by Gasteiger charge is 2.20. The molecule has 0 saturated carbocycles. The lowest BCUT2D eigenvalue weighted by molar-refractivity contribution is -0.118. The lowest BCUT2D eigenvalue weighted by Gasteiger charge is -2.22. The molecule has 0 aromatic heterocycles. The number of anilines is 2. The minimum absolute atomic E-state index is 0.0154. The fraction of sp³-hybridized carbons (Fsp3) is 0.429. The van der Waals surface area contributed by atoms with Crippen LogP contribution >= 0.6 is 0 Å². The van der Waals surface area contributed by atoms with Gasteiger partial charge in [-0.15, -0.1) is 0 Å². The normalized spacial score (nSPS) is 18.1. The van der Waals surface area contributed by atoms with E-state index in [2.05, 4.69) is 20.7 Å². The van der Waals surface area contributed by atoms with Crippen molar-refractivity contribution >= 4 is 23.4 Å². The van der Waals surface area contributed by atoms with Crippen LogP contribution in [0.1, 0.15) is 19.3 Å². The van der Waals surface area contributed by atoms with Crippen molar-refractivity contribution in [3.05, 3.63) is 24.3 Å². The van der Waals surface area contributed by atoms with Crippen LogP contribution in [0.25, 0.3) is 0 Å². The maximum absolute atomic E-state index is 12.0. The third kappa shape index (κ3) is 3.96. The van der Waals surface area contributed by atoms with Gasteiger partial charge in [-0.05, 0) is 43.7 Å². The van der Waals surface area contributed by atoms with Gasteiger partial charge in [0.15, 0.2) is 0 Å². The van der Waals surface area contributed by atoms with Gasteiger partial charge >= 0.3 is 6.09 Å². The molecule has 0 spiro atoms. The molecule has 1 heterocycles. The van der Waals surface area contributed by atoms with Crippen LogP contribution in [0.15, 0.2) is 24.3 Å². The van der Waals surface area contributed by atoms with E-state index < -0.39 is 6.09 Å². The zero-order valence-electron chi connectivity index (χ0n) is 11.4. The molecule has 1 aromatic carbocycles. The van der Waals surface area contributed by atoms with Crippen LogP contribution < -0.4 is 16.0 Å². The molecule has 2 amide bonds. The second-order valence-electron chi connectivity index (χ2n) is 4.69. The standard InChI is InChI=1S/C14H19N3O3/c1-20-14(19)17-11-7-5-10(6-8-11)16-13(18)12-4-2-3-9-15-12/h5-8,12,15H,2-4,9H2,1H3,(H,16,18)(H,17,19)/t12-/m0/s1. The Hall–Kier alpha value is -2.08. The molecule has 1 aromatic rings. The van der Waals surface area contributed by atoms with Crippen LogP contribution in [0.3, 0.4) is 0 Å². The van der Waals surface area contributed by atoms with E-state index in [1.807, 2.05) is 0 Å². The van der Waals surface area contributed by atoms with E-state index in [0.717, 1.165) is 25.8 Å². The Kier molecular flexibility index (Phi) is 4.95. The third-order valence-electron chi connectivity index (χ3n) is 3.21. The summed E-state index contributed by atoms with van der Waals surface area (Å²) >= 11 is 0. The molecule has 3 N–H and O–H groups in total. The van der Waals surface area contributed by atoms with Crippen molar-refractivity contribution in [1.82, 2.24) is 5.32 Å². The number of carbonyl (C=O) groups is 2. The first-order chi connectivity index (χ1) is 9.69. The highest BCUT2D eigenvalue weighted by Crippen LogP contribution is 2.15. The van der Waals surface area contributed by atoms with Gasteiger partial charge in [-0.3, -0.25) is 10.1 Å². The first kappa shape index (κ1) is 14.3. The van der Waals surface area contributed by atoms with Gasteiger partial charge in [-0.25, -0.2) is 4.79 Å². The minimum atomic E-state index is -0.520. The van der Waals surface area contributed by atoms with Gasteiger partial charge in [0.1, 0.15) is 0 Å². The Balaban J connectivity index is 1.89. The van der Waals surface area contributed by atoms with Crippen molar-refractivity contribution in [3.63, 3.8) is 0 Å². The number of rotatable bonds is 3. The fourth-order valence-electron chi connectivity index (χ4n) is 2.11. The first-order valence-corrected chi connectivity index (χ1v) is 6.68. The molecule has 1 atom stereocenters. The number of piperidine rings is 1. The average Bonchev–Trinajstić information content (AvgIpc) is 2.50. The SMILES string of the molecule is COC(=O)Nc1ccc(NC(=O)[C@@H]2CCCCN2)cc1. The maximum Gasteiger partial charge on any atom is 0.411 e. The number of hydrogen-bond acceptors (Lipinski definition) is 4. The number of amides is 2. The van der Waals surface area contributed by atoms with Crippen LogP contribution in [0.2, 0.25) is 0 Å². The molecule has 0 aliphatic carbocycles. The maximum atomic E-state index is 12.0. The summed E-state index contributed by atoms with van der Waals surface area (Å²) in [6, 6.07) is 6.79. The molecule has 0 unspecified atom stereocenters. The Bertz CT molecular complexity index is 467. The predicted molar refractivity (Wildman–Crippen MR) is 76.7 cm³/mol. The zero-order valence-corrected chi connectivity index (χ0v) is 11.4. The lowest BCUT2D eigenvalue weighted by atomic mass is 10.0. The van der Waals surface area contributed by atoms with Gasteiger partial charge in [0.05, 0.1) is 13.2 Å². The molecule has 0 radical (unpaired) electrons. The van der Waals surface area contributed by atoms with Gasteiger partial charge in [-0.1, -0.05) is 6.42 Å². The Morgan fingerprint density at radius 1 is 1.15 bits per heavy atom. The van der Waals surface area contributed by atoms with Gasteiger partial charge < -0.3 is 15.4 Å². The molecular formula is C14H19N3O3. The molecular weight excluding hydrogens is 258 g/mol. The van der Waals surface area contributed by atoms with Crippen LogP contribution in [0.4, 0.5) is 16.2 Å². The number of carbonyl (C=O) groups excluding carboxylic acids is 2. The van der Waals surface area contributed by atoms with Crippen molar-refractivity contribution in [1.29, 1.82) is 0 Å². The van der Waals surface area contributed by atoms with Crippen LogP contribution in [0, 0.1) is 0 Å². The zero-order chi connectivity index (χ0) is 14.4. The number of nitrogens with one attached hydrogen (secondary N) is 3. The Morgan fingerprint density at radius 3 is 2.35 bits per heavy atom. The molecule has 1 aliphatic heterocycles. The summed E-state index contributed by atoms with van der Waals surface area (Å²) in [6.45, 7) is 0.889. The molecule has 0 bridgehead atoms. The molecule has 108 valence electrons.